The molecule has 1 atom stereocenters. The molecule has 3 heteroatoms. The van der Waals surface area contributed by atoms with Crippen molar-refractivity contribution in [1.29, 1.82) is 5.26 Å². The number of hydrogen-bond acceptors (Lipinski definition) is 2. The number of carbonyl (C=O) groups is 1. The van der Waals surface area contributed by atoms with Crippen LogP contribution in [0, 0.1) is 16.7 Å². The number of amides is 1. The first-order valence-electron chi connectivity index (χ1n) is 3.79. The molecule has 0 saturated carbocycles. The molecule has 0 aliphatic carbocycles. The van der Waals surface area contributed by atoms with Crippen molar-refractivity contribution in [3.8, 4) is 6.07 Å². The van der Waals surface area contributed by atoms with E-state index in [9.17, 15) is 4.79 Å². The second kappa shape index (κ2) is 3.91. The Morgan fingerprint density at radius 3 is 2.58 bits per heavy atom. The van der Waals surface area contributed by atoms with Gasteiger partial charge in [-0.3, -0.25) is 4.79 Å². The van der Waals surface area contributed by atoms with Crippen molar-refractivity contribution in [2.24, 2.45) is 5.41 Å². The zero-order valence-corrected chi connectivity index (χ0v) is 7.72. The Kier molecular flexibility index (Phi) is 3.49. The second-order valence-corrected chi connectivity index (χ2v) is 3.23. The van der Waals surface area contributed by atoms with Crippen molar-refractivity contribution < 1.29 is 4.79 Å². The number of nitrogens with zero attached hydrogens (tertiary/aromatic N) is 1. The van der Waals surface area contributed by atoms with Gasteiger partial charge in [0.25, 0.3) is 0 Å². The molecular formula is C9H14N2O. The quantitative estimate of drug-likeness (QED) is 0.641. The fourth-order valence-corrected chi connectivity index (χ4v) is 0.497. The lowest BCUT2D eigenvalue weighted by atomic mass is 9.94. The summed E-state index contributed by atoms with van der Waals surface area (Å²) in [5.41, 5.74) is -0.961. The molecule has 0 aliphatic rings. The van der Waals surface area contributed by atoms with E-state index in [1.54, 1.807) is 26.8 Å². The molecule has 0 heterocycles. The van der Waals surface area contributed by atoms with Crippen LogP contribution in [-0.2, 0) is 4.79 Å². The van der Waals surface area contributed by atoms with E-state index in [0.717, 1.165) is 0 Å². The van der Waals surface area contributed by atoms with Crippen molar-refractivity contribution in [2.75, 3.05) is 0 Å². The molecule has 0 saturated heterocycles. The summed E-state index contributed by atoms with van der Waals surface area (Å²) in [6, 6.07) is 1.83. The number of carbonyl (C=O) groups excluding carboxylic acids is 1. The Bertz CT molecular complexity index is 225. The normalized spacial score (nSPS) is 12.8. The monoisotopic (exact) mass is 166 g/mol. The molecule has 66 valence electrons. The minimum Gasteiger partial charge on any atom is -0.349 e. The summed E-state index contributed by atoms with van der Waals surface area (Å²) in [5.74, 6) is -0.266. The lowest BCUT2D eigenvalue weighted by Gasteiger charge is -2.17. The predicted octanol–water partition coefficient (Wildman–Crippen LogP) is 1.23. The van der Waals surface area contributed by atoms with Crippen molar-refractivity contribution in [1.82, 2.24) is 5.32 Å². The highest BCUT2D eigenvalue weighted by atomic mass is 16.2. The zero-order chi connectivity index (χ0) is 9.78. The van der Waals surface area contributed by atoms with E-state index in [1.807, 2.05) is 6.07 Å². The van der Waals surface area contributed by atoms with Crippen LogP contribution in [0.4, 0.5) is 0 Å². The Balaban J connectivity index is 4.25. The molecule has 0 aromatic rings. The molecule has 0 aromatic heterocycles. The fourth-order valence-electron chi connectivity index (χ4n) is 0.497. The molecule has 0 radical (unpaired) electrons. The molecular weight excluding hydrogens is 152 g/mol. The molecule has 12 heavy (non-hydrogen) atoms. The van der Waals surface area contributed by atoms with Gasteiger partial charge in [0.15, 0.2) is 0 Å². The van der Waals surface area contributed by atoms with E-state index < -0.39 is 5.41 Å². The van der Waals surface area contributed by atoms with Crippen LogP contribution < -0.4 is 5.32 Å². The number of hydrogen-bond donors (Lipinski definition) is 1. The van der Waals surface area contributed by atoms with Gasteiger partial charge in [-0.25, -0.2) is 0 Å². The third kappa shape index (κ3) is 2.75. The summed E-state index contributed by atoms with van der Waals surface area (Å²) >= 11 is 0. The van der Waals surface area contributed by atoms with Gasteiger partial charge in [-0.15, -0.1) is 6.58 Å². The van der Waals surface area contributed by atoms with Crippen molar-refractivity contribution in [3.05, 3.63) is 12.7 Å². The van der Waals surface area contributed by atoms with Gasteiger partial charge < -0.3 is 5.32 Å². The van der Waals surface area contributed by atoms with Crippen LogP contribution in [0.2, 0.25) is 0 Å². The van der Waals surface area contributed by atoms with E-state index in [1.165, 1.54) is 0 Å². The third-order valence-electron chi connectivity index (χ3n) is 1.56. The van der Waals surface area contributed by atoms with Crippen LogP contribution in [0.5, 0.6) is 0 Å². The Morgan fingerprint density at radius 2 is 2.25 bits per heavy atom. The lowest BCUT2D eigenvalue weighted by molar-refractivity contribution is -0.127. The van der Waals surface area contributed by atoms with E-state index in [0.29, 0.717) is 0 Å². The summed E-state index contributed by atoms with van der Waals surface area (Å²) in [5, 5.41) is 11.3. The van der Waals surface area contributed by atoms with Gasteiger partial charge in [0.2, 0.25) is 5.91 Å². The van der Waals surface area contributed by atoms with Gasteiger partial charge in [0.05, 0.1) is 6.07 Å². The highest BCUT2D eigenvalue weighted by Gasteiger charge is 2.27. The third-order valence-corrected chi connectivity index (χ3v) is 1.56. The smallest absolute Gasteiger partial charge is 0.240 e. The highest BCUT2D eigenvalue weighted by Crippen LogP contribution is 2.12. The zero-order valence-electron chi connectivity index (χ0n) is 7.72. The number of rotatable bonds is 3. The van der Waals surface area contributed by atoms with Crippen LogP contribution in [0.15, 0.2) is 12.7 Å². The minimum absolute atomic E-state index is 0.0925. The molecule has 0 rings (SSSR count). The Labute approximate surface area is 73.1 Å². The van der Waals surface area contributed by atoms with Crippen LogP contribution in [0.3, 0.4) is 0 Å². The first kappa shape index (κ1) is 10.7. The maximum Gasteiger partial charge on any atom is 0.240 e. The van der Waals surface area contributed by atoms with E-state index >= 15 is 0 Å². The first-order chi connectivity index (χ1) is 5.44. The molecule has 1 N–H and O–H groups in total. The molecule has 1 amide bonds. The maximum atomic E-state index is 11.3. The molecule has 0 aliphatic heterocycles. The summed E-state index contributed by atoms with van der Waals surface area (Å²) in [7, 11) is 0. The first-order valence-corrected chi connectivity index (χ1v) is 3.79. The predicted molar refractivity (Wildman–Crippen MR) is 47.2 cm³/mol. The Hall–Kier alpha value is -1.30. The summed E-state index contributed by atoms with van der Waals surface area (Å²) in [6.07, 6.45) is 1.62. The van der Waals surface area contributed by atoms with Crippen molar-refractivity contribution in [2.45, 2.75) is 26.8 Å². The molecule has 3 nitrogen and oxygen atoms in total. The number of nitrogens with one attached hydrogen (secondary N) is 1. The molecule has 1 unspecified atom stereocenters. The fraction of sp³-hybridized carbons (Fsp3) is 0.556. The van der Waals surface area contributed by atoms with Crippen LogP contribution in [0.1, 0.15) is 20.8 Å². The standard InChI is InChI=1S/C9H14N2O/c1-5-7(2)11-8(12)9(3,4)6-10/h5,7H,1H2,2-4H3,(H,11,12). The summed E-state index contributed by atoms with van der Waals surface area (Å²) in [6.45, 7) is 8.49. The van der Waals surface area contributed by atoms with Gasteiger partial charge >= 0.3 is 0 Å². The average molecular weight is 166 g/mol. The van der Waals surface area contributed by atoms with E-state index in [4.69, 9.17) is 5.26 Å². The maximum absolute atomic E-state index is 11.3. The van der Waals surface area contributed by atoms with Crippen LogP contribution in [-0.4, -0.2) is 11.9 Å². The second-order valence-electron chi connectivity index (χ2n) is 3.23. The molecule has 0 aromatic carbocycles. The highest BCUT2D eigenvalue weighted by molar-refractivity contribution is 5.84. The van der Waals surface area contributed by atoms with Gasteiger partial charge in [-0.05, 0) is 20.8 Å². The van der Waals surface area contributed by atoms with Crippen LogP contribution >= 0.6 is 0 Å². The Morgan fingerprint density at radius 1 is 1.75 bits per heavy atom. The van der Waals surface area contributed by atoms with Gasteiger partial charge in [0.1, 0.15) is 5.41 Å². The molecule has 0 bridgehead atoms. The van der Waals surface area contributed by atoms with Gasteiger partial charge in [-0.1, -0.05) is 6.08 Å². The lowest BCUT2D eigenvalue weighted by Crippen LogP contribution is -2.40. The van der Waals surface area contributed by atoms with Gasteiger partial charge in [-0.2, -0.15) is 5.26 Å². The van der Waals surface area contributed by atoms with Crippen molar-refractivity contribution in [3.63, 3.8) is 0 Å². The summed E-state index contributed by atoms with van der Waals surface area (Å²) in [4.78, 5) is 11.3. The van der Waals surface area contributed by atoms with Crippen LogP contribution in [0.25, 0.3) is 0 Å². The average Bonchev–Trinajstić information content (AvgIpc) is 2.04. The summed E-state index contributed by atoms with van der Waals surface area (Å²) < 4.78 is 0. The largest absolute Gasteiger partial charge is 0.349 e. The SMILES string of the molecule is C=CC(C)NC(=O)C(C)(C)C#N. The van der Waals surface area contributed by atoms with Gasteiger partial charge in [0, 0.05) is 6.04 Å². The van der Waals surface area contributed by atoms with E-state index in [-0.39, 0.29) is 11.9 Å². The molecule has 0 spiro atoms. The van der Waals surface area contributed by atoms with E-state index in [2.05, 4.69) is 11.9 Å². The van der Waals surface area contributed by atoms with Crippen molar-refractivity contribution >= 4 is 5.91 Å². The molecule has 0 fully saturated rings. The number of nitriles is 1. The topological polar surface area (TPSA) is 52.9 Å². The minimum atomic E-state index is -0.961.